The zero-order chi connectivity index (χ0) is 21.9. The lowest BCUT2D eigenvalue weighted by Gasteiger charge is -2.31. The highest BCUT2D eigenvalue weighted by Crippen LogP contribution is 2.28. The Bertz CT molecular complexity index is 1060. The smallest absolute Gasteiger partial charge is 0.270 e. The summed E-state index contributed by atoms with van der Waals surface area (Å²) in [6, 6.07) is 11.5. The van der Waals surface area contributed by atoms with Crippen molar-refractivity contribution in [2.45, 2.75) is 38.0 Å². The van der Waals surface area contributed by atoms with Crippen LogP contribution in [0.2, 0.25) is 0 Å². The number of carbonyl (C=O) groups is 1. The highest BCUT2D eigenvalue weighted by atomic mass is 32.2. The van der Waals surface area contributed by atoms with E-state index in [1.54, 1.807) is 6.92 Å². The number of carbonyl (C=O) groups excluding carboxylic acids is 1. The number of nitro benzene ring substituents is 1. The fourth-order valence-electron chi connectivity index (χ4n) is 3.59. The molecule has 0 spiro atoms. The average molecular weight is 432 g/mol. The molecule has 1 fully saturated rings. The summed E-state index contributed by atoms with van der Waals surface area (Å²) in [5.41, 5.74) is 2.06. The second-order valence-corrected chi connectivity index (χ2v) is 9.33. The van der Waals surface area contributed by atoms with Crippen LogP contribution in [-0.2, 0) is 21.2 Å². The van der Waals surface area contributed by atoms with E-state index in [0.717, 1.165) is 23.7 Å². The van der Waals surface area contributed by atoms with Gasteiger partial charge in [0.25, 0.3) is 5.69 Å². The Kier molecular flexibility index (Phi) is 6.52. The predicted octanol–water partition coefficient (Wildman–Crippen LogP) is 3.51. The molecule has 1 heterocycles. The number of nitro groups is 1. The standard InChI is InChI=1S/C21H25N3O5S/c1-3-16-5-4-6-18(13-16)22-21(25)17-9-11-23(12-10-17)30(28,29)20-14-19(24(26)27)8-7-15(20)2/h4-8,13-14,17H,3,9-12H2,1-2H3,(H,22,25). The third kappa shape index (κ3) is 4.68. The molecule has 0 aliphatic carbocycles. The van der Waals surface area contributed by atoms with E-state index in [2.05, 4.69) is 5.32 Å². The maximum atomic E-state index is 13.0. The third-order valence-electron chi connectivity index (χ3n) is 5.43. The van der Waals surface area contributed by atoms with Crippen molar-refractivity contribution in [3.05, 3.63) is 63.7 Å². The summed E-state index contributed by atoms with van der Waals surface area (Å²) in [6.07, 6.45) is 1.66. The quantitative estimate of drug-likeness (QED) is 0.556. The van der Waals surface area contributed by atoms with Gasteiger partial charge in [0.2, 0.25) is 15.9 Å². The number of piperidine rings is 1. The zero-order valence-corrected chi connectivity index (χ0v) is 17.8. The summed E-state index contributed by atoms with van der Waals surface area (Å²) in [7, 11) is -3.87. The van der Waals surface area contributed by atoms with Gasteiger partial charge < -0.3 is 5.32 Å². The Balaban J connectivity index is 1.68. The summed E-state index contributed by atoms with van der Waals surface area (Å²) in [5.74, 6) is -0.403. The number of hydrogen-bond donors (Lipinski definition) is 1. The van der Waals surface area contributed by atoms with E-state index >= 15 is 0 Å². The summed E-state index contributed by atoms with van der Waals surface area (Å²) >= 11 is 0. The van der Waals surface area contributed by atoms with Crippen LogP contribution in [0.25, 0.3) is 0 Å². The minimum absolute atomic E-state index is 0.0593. The fourth-order valence-corrected chi connectivity index (χ4v) is 5.31. The second kappa shape index (κ2) is 8.93. The zero-order valence-electron chi connectivity index (χ0n) is 17.0. The maximum absolute atomic E-state index is 13.0. The van der Waals surface area contributed by atoms with Gasteiger partial charge in [-0.15, -0.1) is 0 Å². The maximum Gasteiger partial charge on any atom is 0.270 e. The van der Waals surface area contributed by atoms with Gasteiger partial charge in [0.05, 0.1) is 9.82 Å². The topological polar surface area (TPSA) is 110 Å². The van der Waals surface area contributed by atoms with Crippen molar-refractivity contribution in [3.8, 4) is 0 Å². The number of nitrogens with zero attached hydrogens (tertiary/aromatic N) is 2. The molecule has 0 unspecified atom stereocenters. The minimum atomic E-state index is -3.87. The van der Waals surface area contributed by atoms with Crippen molar-refractivity contribution in [2.24, 2.45) is 5.92 Å². The van der Waals surface area contributed by atoms with Crippen LogP contribution < -0.4 is 5.32 Å². The van der Waals surface area contributed by atoms with E-state index in [9.17, 15) is 23.3 Å². The number of amides is 1. The van der Waals surface area contributed by atoms with Crippen molar-refractivity contribution in [1.29, 1.82) is 0 Å². The number of nitrogens with one attached hydrogen (secondary N) is 1. The van der Waals surface area contributed by atoms with Gasteiger partial charge in [-0.3, -0.25) is 14.9 Å². The van der Waals surface area contributed by atoms with Crippen LogP contribution in [0.4, 0.5) is 11.4 Å². The highest BCUT2D eigenvalue weighted by molar-refractivity contribution is 7.89. The molecule has 0 bridgehead atoms. The number of anilines is 1. The van der Waals surface area contributed by atoms with E-state index in [1.165, 1.54) is 16.4 Å². The van der Waals surface area contributed by atoms with Crippen LogP contribution in [0.1, 0.15) is 30.9 Å². The summed E-state index contributed by atoms with van der Waals surface area (Å²) in [5, 5.41) is 13.9. The first-order valence-electron chi connectivity index (χ1n) is 9.87. The Hall–Kier alpha value is -2.78. The van der Waals surface area contributed by atoms with Gasteiger partial charge in [-0.2, -0.15) is 4.31 Å². The molecule has 2 aromatic carbocycles. The van der Waals surface area contributed by atoms with E-state index in [0.29, 0.717) is 18.4 Å². The van der Waals surface area contributed by atoms with Gasteiger partial charge in [0, 0.05) is 36.8 Å². The van der Waals surface area contributed by atoms with Crippen LogP contribution in [0.5, 0.6) is 0 Å². The summed E-state index contributed by atoms with van der Waals surface area (Å²) in [6.45, 7) is 4.04. The minimum Gasteiger partial charge on any atom is -0.326 e. The predicted molar refractivity (Wildman–Crippen MR) is 114 cm³/mol. The Labute approximate surface area is 176 Å². The first-order chi connectivity index (χ1) is 14.2. The number of aryl methyl sites for hydroxylation is 2. The largest absolute Gasteiger partial charge is 0.326 e. The lowest BCUT2D eigenvalue weighted by atomic mass is 9.97. The van der Waals surface area contributed by atoms with Crippen LogP contribution in [0, 0.1) is 23.0 Å². The van der Waals surface area contributed by atoms with Crippen LogP contribution in [0.15, 0.2) is 47.4 Å². The average Bonchev–Trinajstić information content (AvgIpc) is 2.74. The second-order valence-electron chi connectivity index (χ2n) is 7.43. The van der Waals surface area contributed by atoms with Gasteiger partial charge in [-0.25, -0.2) is 8.42 Å². The molecule has 1 aliphatic rings. The fraction of sp³-hybridized carbons (Fsp3) is 0.381. The number of non-ortho nitro benzene ring substituents is 1. The number of rotatable bonds is 6. The molecule has 0 aromatic heterocycles. The molecule has 3 rings (SSSR count). The van der Waals surface area contributed by atoms with Gasteiger partial charge in [0.1, 0.15) is 0 Å². The SMILES string of the molecule is CCc1cccc(NC(=O)C2CCN(S(=O)(=O)c3cc([N+](=O)[O-])ccc3C)CC2)c1. The molecule has 8 nitrogen and oxygen atoms in total. The molecule has 1 N–H and O–H groups in total. The van der Waals surface area contributed by atoms with Crippen LogP contribution >= 0.6 is 0 Å². The molecule has 0 atom stereocenters. The monoisotopic (exact) mass is 431 g/mol. The normalized spacial score (nSPS) is 15.7. The molecule has 1 aliphatic heterocycles. The molecule has 1 amide bonds. The molecule has 0 radical (unpaired) electrons. The first-order valence-corrected chi connectivity index (χ1v) is 11.3. The van der Waals surface area contributed by atoms with E-state index < -0.39 is 14.9 Å². The summed E-state index contributed by atoms with van der Waals surface area (Å²) in [4.78, 5) is 23.0. The van der Waals surface area contributed by atoms with Gasteiger partial charge in [-0.05, 0) is 49.4 Å². The molecule has 1 saturated heterocycles. The van der Waals surface area contributed by atoms with Crippen molar-refractivity contribution < 1.29 is 18.1 Å². The number of benzene rings is 2. The van der Waals surface area contributed by atoms with Gasteiger partial charge in [0.15, 0.2) is 0 Å². The molecule has 160 valence electrons. The Morgan fingerprint density at radius 3 is 2.53 bits per heavy atom. The summed E-state index contributed by atoms with van der Waals surface area (Å²) < 4.78 is 27.4. The Morgan fingerprint density at radius 2 is 1.90 bits per heavy atom. The van der Waals surface area contributed by atoms with Crippen LogP contribution in [-0.4, -0.2) is 36.6 Å². The van der Waals surface area contributed by atoms with Gasteiger partial charge >= 0.3 is 0 Å². The lowest BCUT2D eigenvalue weighted by molar-refractivity contribution is -0.385. The number of sulfonamides is 1. The molecule has 30 heavy (non-hydrogen) atoms. The molecular weight excluding hydrogens is 406 g/mol. The van der Waals surface area contributed by atoms with Crippen LogP contribution in [0.3, 0.4) is 0 Å². The third-order valence-corrected chi connectivity index (χ3v) is 7.47. The number of hydrogen-bond acceptors (Lipinski definition) is 5. The molecule has 0 saturated carbocycles. The first kappa shape index (κ1) is 21.9. The van der Waals surface area contributed by atoms with Crippen molar-refractivity contribution >= 4 is 27.3 Å². The molecule has 2 aromatic rings. The lowest BCUT2D eigenvalue weighted by Crippen LogP contribution is -2.41. The van der Waals surface area contributed by atoms with Crippen molar-refractivity contribution in [3.63, 3.8) is 0 Å². The van der Waals surface area contributed by atoms with Crippen molar-refractivity contribution in [1.82, 2.24) is 4.31 Å². The Morgan fingerprint density at radius 1 is 1.20 bits per heavy atom. The van der Waals surface area contributed by atoms with Crippen molar-refractivity contribution in [2.75, 3.05) is 18.4 Å². The molecular formula is C21H25N3O5S. The highest BCUT2D eigenvalue weighted by Gasteiger charge is 2.33. The van der Waals surface area contributed by atoms with E-state index in [1.807, 2.05) is 31.2 Å². The molecule has 9 heteroatoms. The van der Waals surface area contributed by atoms with E-state index in [-0.39, 0.29) is 35.5 Å². The van der Waals surface area contributed by atoms with Gasteiger partial charge in [-0.1, -0.05) is 25.1 Å². The van der Waals surface area contributed by atoms with E-state index in [4.69, 9.17) is 0 Å².